The van der Waals surface area contributed by atoms with Gasteiger partial charge in [0.15, 0.2) is 0 Å². The molecule has 0 fully saturated rings. The van der Waals surface area contributed by atoms with Gasteiger partial charge in [0.25, 0.3) is 0 Å². The summed E-state index contributed by atoms with van der Waals surface area (Å²) in [5.41, 5.74) is 0.0778. The molecule has 0 heterocycles. The van der Waals surface area contributed by atoms with Gasteiger partial charge in [0, 0.05) is 17.9 Å². The van der Waals surface area contributed by atoms with Crippen molar-refractivity contribution in [3.05, 3.63) is 29.8 Å². The molecule has 1 aromatic carbocycles. The number of hydrogen-bond donors (Lipinski definition) is 2. The van der Waals surface area contributed by atoms with Gasteiger partial charge in [-0.2, -0.15) is 0 Å². The maximum absolute atomic E-state index is 13.3. The molecule has 0 saturated heterocycles. The number of methoxy groups -OCH3 is 3. The average molecular weight is 601 g/mol. The molecule has 1 rings (SSSR count). The van der Waals surface area contributed by atoms with Crippen molar-refractivity contribution in [2.45, 2.75) is 72.8 Å². The molecule has 226 valence electrons. The minimum Gasteiger partial charge on any atom is -0.497 e. The highest BCUT2D eigenvalue weighted by Gasteiger charge is 2.35. The van der Waals surface area contributed by atoms with Gasteiger partial charge in [-0.05, 0) is 28.5 Å². The first-order valence-electron chi connectivity index (χ1n) is 12.9. The third-order valence-electron chi connectivity index (χ3n) is 5.47. The third kappa shape index (κ3) is 13.3. The van der Waals surface area contributed by atoms with E-state index in [0.717, 1.165) is 11.3 Å². The lowest BCUT2D eigenvalue weighted by Crippen LogP contribution is -2.51. The summed E-state index contributed by atoms with van der Waals surface area (Å²) >= 11 is 0. The molecule has 2 N–H and O–H groups in total. The molecular formula is C28H44N2O8S2. The van der Waals surface area contributed by atoms with Crippen LogP contribution in [0.25, 0.3) is 0 Å². The first-order chi connectivity index (χ1) is 18.6. The largest absolute Gasteiger partial charge is 0.497 e. The van der Waals surface area contributed by atoms with E-state index in [1.807, 2.05) is 65.8 Å². The summed E-state index contributed by atoms with van der Waals surface area (Å²) in [4.78, 5) is 50.3. The zero-order valence-electron chi connectivity index (χ0n) is 25.0. The lowest BCUT2D eigenvalue weighted by atomic mass is 9.88. The van der Waals surface area contributed by atoms with Gasteiger partial charge in [-0.15, -0.1) is 0 Å². The van der Waals surface area contributed by atoms with E-state index >= 15 is 0 Å². The summed E-state index contributed by atoms with van der Waals surface area (Å²) in [6, 6.07) is 5.54. The van der Waals surface area contributed by atoms with Gasteiger partial charge in [-0.1, -0.05) is 75.3 Å². The number of amides is 2. The molecule has 1 aromatic rings. The SMILES string of the molecule is COC(=O)C(CSSCC(NC(=O)[C@H](OCc1ccc(OC)cc1)C(C)(C)C)C(=O)OC)NC(=O)CC(C)(C)C. The van der Waals surface area contributed by atoms with E-state index < -0.39 is 41.4 Å². The van der Waals surface area contributed by atoms with Crippen LogP contribution in [0.3, 0.4) is 0 Å². The van der Waals surface area contributed by atoms with Gasteiger partial charge in [0.2, 0.25) is 11.8 Å². The molecular weight excluding hydrogens is 556 g/mol. The zero-order chi connectivity index (χ0) is 30.5. The summed E-state index contributed by atoms with van der Waals surface area (Å²) in [7, 11) is 6.63. The van der Waals surface area contributed by atoms with Crippen LogP contribution in [-0.4, -0.2) is 74.8 Å². The van der Waals surface area contributed by atoms with Crippen molar-refractivity contribution in [1.29, 1.82) is 0 Å². The molecule has 2 unspecified atom stereocenters. The minimum atomic E-state index is -0.948. The number of hydrogen-bond acceptors (Lipinski definition) is 10. The Morgan fingerprint density at radius 3 is 1.73 bits per heavy atom. The number of benzene rings is 1. The van der Waals surface area contributed by atoms with Gasteiger partial charge in [-0.25, -0.2) is 9.59 Å². The van der Waals surface area contributed by atoms with Crippen molar-refractivity contribution in [2.75, 3.05) is 32.8 Å². The summed E-state index contributed by atoms with van der Waals surface area (Å²) in [6.07, 6.45) is -0.592. The molecule has 0 spiro atoms. The fourth-order valence-corrected chi connectivity index (χ4v) is 5.75. The number of esters is 2. The van der Waals surface area contributed by atoms with Gasteiger partial charge in [0.1, 0.15) is 23.9 Å². The number of ether oxygens (including phenoxy) is 4. The first kappa shape index (κ1) is 35.6. The Morgan fingerprint density at radius 1 is 0.800 bits per heavy atom. The Morgan fingerprint density at radius 2 is 1.30 bits per heavy atom. The van der Waals surface area contributed by atoms with E-state index in [-0.39, 0.29) is 35.9 Å². The molecule has 3 atom stereocenters. The minimum absolute atomic E-state index is 0.169. The average Bonchev–Trinajstić information content (AvgIpc) is 2.87. The second-order valence-corrected chi connectivity index (χ2v) is 14.0. The monoisotopic (exact) mass is 600 g/mol. The van der Waals surface area contributed by atoms with E-state index in [9.17, 15) is 19.2 Å². The van der Waals surface area contributed by atoms with Gasteiger partial charge >= 0.3 is 11.9 Å². The van der Waals surface area contributed by atoms with Crippen LogP contribution < -0.4 is 15.4 Å². The molecule has 0 saturated carbocycles. The smallest absolute Gasteiger partial charge is 0.329 e. The Kier molecular flexibility index (Phi) is 14.9. The van der Waals surface area contributed by atoms with E-state index in [2.05, 4.69) is 10.6 Å². The van der Waals surface area contributed by atoms with Crippen LogP contribution in [0.5, 0.6) is 5.75 Å². The van der Waals surface area contributed by atoms with Crippen molar-refractivity contribution in [2.24, 2.45) is 10.8 Å². The van der Waals surface area contributed by atoms with E-state index in [4.69, 9.17) is 18.9 Å². The van der Waals surface area contributed by atoms with Crippen LogP contribution >= 0.6 is 21.6 Å². The lowest BCUT2D eigenvalue weighted by molar-refractivity contribution is -0.149. The highest BCUT2D eigenvalue weighted by atomic mass is 33.1. The third-order valence-corrected chi connectivity index (χ3v) is 7.89. The van der Waals surface area contributed by atoms with E-state index in [1.54, 1.807) is 7.11 Å². The lowest BCUT2D eigenvalue weighted by Gasteiger charge is -2.31. The van der Waals surface area contributed by atoms with Crippen molar-refractivity contribution in [1.82, 2.24) is 10.6 Å². The van der Waals surface area contributed by atoms with Crippen LogP contribution in [-0.2, 0) is 40.0 Å². The molecule has 10 nitrogen and oxygen atoms in total. The standard InChI is InChI=1S/C28H44N2O8S2/c1-27(2,3)14-22(31)29-20(25(33)36-8)16-39-40-17-21(26(34)37-9)30-24(32)23(28(4,5)6)38-15-18-10-12-19(35-7)13-11-18/h10-13,20-21,23H,14-17H2,1-9H3,(H,29,31)(H,30,32)/t20?,21?,23-/m0/s1. The highest BCUT2D eigenvalue weighted by molar-refractivity contribution is 8.76. The molecule has 0 bridgehead atoms. The fourth-order valence-electron chi connectivity index (χ4n) is 3.45. The molecule has 0 aliphatic carbocycles. The quantitative estimate of drug-likeness (QED) is 0.174. The number of carbonyl (C=O) groups excluding carboxylic acids is 4. The van der Waals surface area contributed by atoms with Gasteiger partial charge < -0.3 is 29.6 Å². The van der Waals surface area contributed by atoms with Crippen molar-refractivity contribution >= 4 is 45.3 Å². The van der Waals surface area contributed by atoms with Crippen molar-refractivity contribution in [3.8, 4) is 5.75 Å². The second kappa shape index (κ2) is 16.7. The summed E-state index contributed by atoms with van der Waals surface area (Å²) in [6.45, 7) is 11.6. The summed E-state index contributed by atoms with van der Waals surface area (Å²) < 4.78 is 20.9. The molecule has 0 aliphatic heterocycles. The Hall–Kier alpha value is -2.44. The maximum atomic E-state index is 13.3. The topological polar surface area (TPSA) is 129 Å². The number of carbonyl (C=O) groups is 4. The zero-order valence-corrected chi connectivity index (χ0v) is 26.6. The number of rotatable bonds is 15. The number of nitrogens with one attached hydrogen (secondary N) is 2. The van der Waals surface area contributed by atoms with Crippen molar-refractivity contribution in [3.63, 3.8) is 0 Å². The molecule has 0 radical (unpaired) electrons. The van der Waals surface area contributed by atoms with E-state index in [0.29, 0.717) is 0 Å². The predicted molar refractivity (Wildman–Crippen MR) is 158 cm³/mol. The first-order valence-corrected chi connectivity index (χ1v) is 15.3. The summed E-state index contributed by atoms with van der Waals surface area (Å²) in [5, 5.41) is 5.47. The Labute approximate surface area is 245 Å². The maximum Gasteiger partial charge on any atom is 0.329 e. The van der Waals surface area contributed by atoms with Crippen LogP contribution in [0.1, 0.15) is 53.5 Å². The predicted octanol–water partition coefficient (Wildman–Crippen LogP) is 3.76. The second-order valence-electron chi connectivity index (χ2n) is 11.4. The highest BCUT2D eigenvalue weighted by Crippen LogP contribution is 2.27. The van der Waals surface area contributed by atoms with Crippen LogP contribution in [0, 0.1) is 10.8 Å². The van der Waals surface area contributed by atoms with Crippen LogP contribution in [0.2, 0.25) is 0 Å². The molecule has 0 aromatic heterocycles. The molecule has 40 heavy (non-hydrogen) atoms. The van der Waals surface area contributed by atoms with Gasteiger partial charge in [-0.3, -0.25) is 9.59 Å². The van der Waals surface area contributed by atoms with Gasteiger partial charge in [0.05, 0.1) is 27.9 Å². The molecule has 2 amide bonds. The van der Waals surface area contributed by atoms with Crippen molar-refractivity contribution < 1.29 is 38.1 Å². The Bertz CT molecular complexity index is 974. The van der Waals surface area contributed by atoms with E-state index in [1.165, 1.54) is 35.8 Å². The fraction of sp³-hybridized carbons (Fsp3) is 0.643. The normalized spacial score (nSPS) is 13.9. The van der Waals surface area contributed by atoms with Crippen LogP contribution in [0.15, 0.2) is 24.3 Å². The summed E-state index contributed by atoms with van der Waals surface area (Å²) in [5.74, 6) is -0.759. The molecule has 12 heteroatoms. The van der Waals surface area contributed by atoms with Crippen LogP contribution in [0.4, 0.5) is 0 Å². The Balaban J connectivity index is 2.79. The molecule has 0 aliphatic rings.